The number of benzene rings is 6. The number of nitrogens with one attached hydrogen (secondary N) is 1. The molecule has 0 amide bonds. The second-order valence-corrected chi connectivity index (χ2v) is 15.2. The molecule has 1 N–H and O–H groups in total. The average Bonchev–Trinajstić information content (AvgIpc) is 3.26. The van der Waals surface area contributed by atoms with Crippen LogP contribution in [0.4, 0.5) is 17.1 Å². The Bertz CT molecular complexity index is 2890. The Morgan fingerprint density at radius 2 is 1.09 bits per heavy atom. The molecule has 2 saturated heterocycles. The Hall–Kier alpha value is -6.52. The van der Waals surface area contributed by atoms with Gasteiger partial charge in [0.1, 0.15) is 22.4 Å². The average molecular weight is 755 g/mol. The fraction of sp³-hybridized carbons (Fsp3) is 0.234. The SMILES string of the molecule is Cc1c2nc3ccccc3oc-2c(-c2ccc(N3CCN(c4c5nc6ccccc6oc-5c(-c5cccc(N6CCNCC6)c5)c(=O)c4C)CC3)cc2)c(=O)c1C. The van der Waals surface area contributed by atoms with E-state index in [-0.39, 0.29) is 10.9 Å². The van der Waals surface area contributed by atoms with E-state index in [4.69, 9.17) is 18.8 Å². The Kier molecular flexibility index (Phi) is 8.52. The summed E-state index contributed by atoms with van der Waals surface area (Å²) in [5, 5.41) is 3.42. The van der Waals surface area contributed by atoms with E-state index in [0.717, 1.165) is 84.1 Å². The van der Waals surface area contributed by atoms with E-state index in [1.54, 1.807) is 0 Å². The van der Waals surface area contributed by atoms with E-state index in [9.17, 15) is 9.59 Å². The molecule has 4 aromatic carbocycles. The maximum atomic E-state index is 14.5. The first kappa shape index (κ1) is 34.9. The lowest BCUT2D eigenvalue weighted by Crippen LogP contribution is -2.47. The van der Waals surface area contributed by atoms with E-state index in [2.05, 4.69) is 44.3 Å². The molecule has 0 saturated carbocycles. The second-order valence-electron chi connectivity index (χ2n) is 15.2. The third kappa shape index (κ3) is 5.90. The quantitative estimate of drug-likeness (QED) is 0.174. The third-order valence-electron chi connectivity index (χ3n) is 11.9. The van der Waals surface area contributed by atoms with Gasteiger partial charge in [0.25, 0.3) is 0 Å². The van der Waals surface area contributed by atoms with Gasteiger partial charge in [-0.1, -0.05) is 48.5 Å². The molecule has 0 unspecified atom stereocenters. The maximum Gasteiger partial charge on any atom is 0.195 e. The summed E-state index contributed by atoms with van der Waals surface area (Å²) in [5.74, 6) is 1.02. The summed E-state index contributed by atoms with van der Waals surface area (Å²) in [5.41, 5.74) is 12.0. The van der Waals surface area contributed by atoms with Crippen LogP contribution in [0.1, 0.15) is 16.7 Å². The zero-order chi connectivity index (χ0) is 38.8. The highest BCUT2D eigenvalue weighted by molar-refractivity contribution is 5.92. The van der Waals surface area contributed by atoms with Crippen LogP contribution < -0.4 is 30.9 Å². The normalized spacial score (nSPS) is 15.0. The molecular weight excluding hydrogens is 713 g/mol. The smallest absolute Gasteiger partial charge is 0.195 e. The zero-order valence-electron chi connectivity index (χ0n) is 32.3. The van der Waals surface area contributed by atoms with Crippen molar-refractivity contribution in [2.45, 2.75) is 20.8 Å². The number of rotatable bonds is 5. The third-order valence-corrected chi connectivity index (χ3v) is 11.9. The first-order valence-corrected chi connectivity index (χ1v) is 19.7. The Morgan fingerprint density at radius 3 is 1.77 bits per heavy atom. The number of fused-ring (bicyclic) bond motifs is 4. The summed E-state index contributed by atoms with van der Waals surface area (Å²) in [6.07, 6.45) is 0. The molecule has 0 radical (unpaired) electrons. The van der Waals surface area contributed by atoms with Gasteiger partial charge < -0.3 is 28.9 Å². The first-order chi connectivity index (χ1) is 27.8. The number of hydrogen-bond donors (Lipinski definition) is 1. The fourth-order valence-electron chi connectivity index (χ4n) is 8.62. The lowest BCUT2D eigenvalue weighted by Gasteiger charge is -2.38. The van der Waals surface area contributed by atoms with Gasteiger partial charge in [-0.3, -0.25) is 9.59 Å². The lowest BCUT2D eigenvalue weighted by atomic mass is 9.93. The molecule has 10 rings (SSSR count). The lowest BCUT2D eigenvalue weighted by molar-refractivity contribution is 0.589. The fourth-order valence-corrected chi connectivity index (χ4v) is 8.62. The summed E-state index contributed by atoms with van der Waals surface area (Å²) in [4.78, 5) is 45.3. The molecule has 0 bridgehead atoms. The highest BCUT2D eigenvalue weighted by Crippen LogP contribution is 2.42. The van der Waals surface area contributed by atoms with Crippen molar-refractivity contribution in [1.82, 2.24) is 15.3 Å². The molecule has 0 aromatic heterocycles. The zero-order valence-corrected chi connectivity index (χ0v) is 32.3. The van der Waals surface area contributed by atoms with Crippen molar-refractivity contribution < 1.29 is 8.83 Å². The first-order valence-electron chi connectivity index (χ1n) is 19.7. The number of nitrogens with zero attached hydrogens (tertiary/aromatic N) is 5. The van der Waals surface area contributed by atoms with Gasteiger partial charge >= 0.3 is 0 Å². The number of hydrogen-bond acceptors (Lipinski definition) is 10. The van der Waals surface area contributed by atoms with Gasteiger partial charge in [0.05, 0.1) is 16.8 Å². The molecule has 284 valence electrons. The van der Waals surface area contributed by atoms with Gasteiger partial charge in [-0.25, -0.2) is 9.97 Å². The predicted octanol–water partition coefficient (Wildman–Crippen LogP) is 7.89. The monoisotopic (exact) mass is 754 g/mol. The Balaban J connectivity index is 0.974. The van der Waals surface area contributed by atoms with E-state index < -0.39 is 0 Å². The van der Waals surface area contributed by atoms with Gasteiger partial charge in [0.15, 0.2) is 33.5 Å². The summed E-state index contributed by atoms with van der Waals surface area (Å²) in [6, 6.07) is 31.8. The van der Waals surface area contributed by atoms with E-state index in [1.807, 2.05) is 93.6 Å². The van der Waals surface area contributed by atoms with Crippen molar-refractivity contribution in [1.29, 1.82) is 0 Å². The number of aromatic nitrogens is 2. The molecule has 0 atom stereocenters. The molecule has 2 aliphatic carbocycles. The van der Waals surface area contributed by atoms with Gasteiger partial charge in [-0.2, -0.15) is 0 Å². The Morgan fingerprint density at radius 1 is 0.526 bits per heavy atom. The van der Waals surface area contributed by atoms with E-state index in [1.165, 1.54) is 0 Å². The molecule has 4 aromatic rings. The molecule has 4 aliphatic heterocycles. The van der Waals surface area contributed by atoms with Crippen LogP contribution >= 0.6 is 0 Å². The summed E-state index contributed by atoms with van der Waals surface area (Å²) < 4.78 is 13.0. The van der Waals surface area contributed by atoms with Crippen LogP contribution in [0, 0.1) is 20.8 Å². The van der Waals surface area contributed by atoms with Gasteiger partial charge in [0.2, 0.25) is 0 Å². The number of piperazine rings is 2. The van der Waals surface area contributed by atoms with Gasteiger partial charge in [-0.05, 0) is 86.0 Å². The highest BCUT2D eigenvalue weighted by atomic mass is 16.3. The van der Waals surface area contributed by atoms with Crippen LogP contribution in [0.3, 0.4) is 0 Å². The minimum atomic E-state index is -0.0473. The van der Waals surface area contributed by atoms with Gasteiger partial charge in [-0.15, -0.1) is 0 Å². The van der Waals surface area contributed by atoms with Crippen molar-refractivity contribution in [2.75, 3.05) is 67.1 Å². The molecule has 6 aliphatic rings. The molecular formula is C47H42N6O4. The Labute approximate surface area is 329 Å². The molecule has 4 heterocycles. The summed E-state index contributed by atoms with van der Waals surface area (Å²) in [7, 11) is 0. The number of para-hydroxylation sites is 4. The minimum Gasteiger partial charge on any atom is -0.452 e. The molecule has 57 heavy (non-hydrogen) atoms. The van der Waals surface area contributed by atoms with Gasteiger partial charge in [0, 0.05) is 74.9 Å². The van der Waals surface area contributed by atoms with E-state index in [0.29, 0.717) is 69.4 Å². The van der Waals surface area contributed by atoms with Crippen molar-refractivity contribution >= 4 is 39.3 Å². The molecule has 0 spiro atoms. The van der Waals surface area contributed by atoms with E-state index >= 15 is 0 Å². The van der Waals surface area contributed by atoms with Crippen molar-refractivity contribution in [2.24, 2.45) is 0 Å². The number of anilines is 3. The van der Waals surface area contributed by atoms with Crippen molar-refractivity contribution in [3.8, 4) is 45.2 Å². The van der Waals surface area contributed by atoms with Crippen molar-refractivity contribution in [3.05, 3.63) is 134 Å². The summed E-state index contributed by atoms with van der Waals surface area (Å²) >= 11 is 0. The van der Waals surface area contributed by atoms with Crippen LogP contribution in [-0.4, -0.2) is 62.3 Å². The predicted molar refractivity (Wildman–Crippen MR) is 228 cm³/mol. The maximum absolute atomic E-state index is 14.5. The largest absolute Gasteiger partial charge is 0.452 e. The van der Waals surface area contributed by atoms with Crippen LogP contribution in [0.15, 0.2) is 115 Å². The minimum absolute atomic E-state index is 0.0413. The van der Waals surface area contributed by atoms with Crippen LogP contribution in [0.25, 0.3) is 67.4 Å². The van der Waals surface area contributed by atoms with Crippen LogP contribution in [0.2, 0.25) is 0 Å². The highest BCUT2D eigenvalue weighted by Gasteiger charge is 2.31. The molecule has 2 fully saturated rings. The van der Waals surface area contributed by atoms with Crippen LogP contribution in [0.5, 0.6) is 0 Å². The molecule has 10 heteroatoms. The summed E-state index contributed by atoms with van der Waals surface area (Å²) in [6.45, 7) is 12.2. The molecule has 10 nitrogen and oxygen atoms in total. The standard InChI is InChI=1S/C47H42N6O4/c1-28-29(2)44(54)39(46-41(28)49-35-11-4-6-13-37(35)56-46)31-15-17-33(18-16-31)52-23-25-53(26-24-52)43-30(3)45(55)40(47-42(43)50-36-12-5-7-14-38(36)57-47)32-9-8-10-34(27-32)51-21-19-48-20-22-51/h4-18,27,48H,19-26H2,1-3H3. The van der Waals surface area contributed by atoms with Crippen LogP contribution in [-0.2, 0) is 0 Å². The van der Waals surface area contributed by atoms with Crippen molar-refractivity contribution in [3.63, 3.8) is 0 Å². The second kappa shape index (κ2) is 13.9. The topological polar surface area (TPSA) is 108 Å².